The van der Waals surface area contributed by atoms with Crippen molar-refractivity contribution in [2.75, 3.05) is 0 Å². The lowest BCUT2D eigenvalue weighted by atomic mass is 10.1. The second kappa shape index (κ2) is 5.35. The molecule has 0 radical (unpaired) electrons. The monoisotopic (exact) mass is 274 g/mol. The molecule has 2 rings (SSSR count). The highest BCUT2D eigenvalue weighted by Crippen LogP contribution is 2.31. The van der Waals surface area contributed by atoms with Crippen LogP contribution < -0.4 is 4.74 Å². The Labute approximate surface area is 113 Å². The van der Waals surface area contributed by atoms with Gasteiger partial charge in [-0.15, -0.1) is 0 Å². The summed E-state index contributed by atoms with van der Waals surface area (Å²) in [6.07, 6.45) is 1.55. The Balaban J connectivity index is 2.46. The summed E-state index contributed by atoms with van der Waals surface area (Å²) in [6, 6.07) is 7.10. The molecular formula is C13H10N2O5. The molecule has 0 bridgehead atoms. The normalized spacial score (nSPS) is 10.1. The third kappa shape index (κ3) is 2.72. The Morgan fingerprint density at radius 2 is 2.10 bits per heavy atom. The van der Waals surface area contributed by atoms with E-state index in [2.05, 4.69) is 4.98 Å². The summed E-state index contributed by atoms with van der Waals surface area (Å²) < 4.78 is 5.32. The molecule has 1 aromatic heterocycles. The lowest BCUT2D eigenvalue weighted by Crippen LogP contribution is -2.05. The number of benzene rings is 1. The number of nitrogens with zero attached hydrogens (tertiary/aromatic N) is 2. The highest BCUT2D eigenvalue weighted by atomic mass is 16.6. The number of aromatic nitrogens is 1. The third-order valence-corrected chi connectivity index (χ3v) is 2.51. The van der Waals surface area contributed by atoms with E-state index in [4.69, 9.17) is 9.84 Å². The Hall–Kier alpha value is -2.96. The molecule has 0 saturated carbocycles. The zero-order valence-corrected chi connectivity index (χ0v) is 10.4. The van der Waals surface area contributed by atoms with Gasteiger partial charge in [0.2, 0.25) is 5.88 Å². The van der Waals surface area contributed by atoms with Crippen LogP contribution in [0.5, 0.6) is 11.6 Å². The molecule has 0 unspecified atom stereocenters. The maximum Gasteiger partial charge on any atom is 0.346 e. The standard InChI is InChI=1S/C13H10N2O5/c1-8-5-6-11(14-7-8)20-10-4-2-3-9(15(18)19)12(10)13(16)17/h2-7H,1H3,(H,16,17). The molecule has 0 fully saturated rings. The summed E-state index contributed by atoms with van der Waals surface area (Å²) in [5.74, 6) is -1.39. The van der Waals surface area contributed by atoms with Gasteiger partial charge >= 0.3 is 5.97 Å². The molecule has 0 aliphatic carbocycles. The maximum absolute atomic E-state index is 11.2. The number of rotatable bonds is 4. The molecule has 0 aliphatic heterocycles. The first kappa shape index (κ1) is 13.5. The van der Waals surface area contributed by atoms with Crippen molar-refractivity contribution >= 4 is 11.7 Å². The number of carboxylic acids is 1. The molecule has 1 heterocycles. The van der Waals surface area contributed by atoms with Crippen molar-refractivity contribution in [1.29, 1.82) is 0 Å². The molecule has 20 heavy (non-hydrogen) atoms. The fraction of sp³-hybridized carbons (Fsp3) is 0.0769. The second-order valence-electron chi connectivity index (χ2n) is 3.99. The molecule has 2 aromatic rings. The smallest absolute Gasteiger partial charge is 0.346 e. The summed E-state index contributed by atoms with van der Waals surface area (Å²) in [7, 11) is 0. The van der Waals surface area contributed by atoms with Crippen LogP contribution in [0.3, 0.4) is 0 Å². The minimum absolute atomic E-state index is 0.122. The van der Waals surface area contributed by atoms with Gasteiger partial charge in [-0.3, -0.25) is 10.1 Å². The summed E-state index contributed by atoms with van der Waals surface area (Å²) >= 11 is 0. The van der Waals surface area contributed by atoms with Gasteiger partial charge in [0.05, 0.1) is 4.92 Å². The Morgan fingerprint density at radius 1 is 1.35 bits per heavy atom. The first-order chi connectivity index (χ1) is 9.49. The molecule has 0 aliphatic rings. The molecule has 7 heteroatoms. The molecule has 102 valence electrons. The highest BCUT2D eigenvalue weighted by molar-refractivity contribution is 5.95. The number of pyridine rings is 1. The van der Waals surface area contributed by atoms with Crippen molar-refractivity contribution in [3.63, 3.8) is 0 Å². The van der Waals surface area contributed by atoms with Gasteiger partial charge in [-0.1, -0.05) is 12.1 Å². The van der Waals surface area contributed by atoms with Crippen LogP contribution in [0.2, 0.25) is 0 Å². The van der Waals surface area contributed by atoms with Crippen molar-refractivity contribution in [3.8, 4) is 11.6 Å². The van der Waals surface area contributed by atoms with E-state index in [-0.39, 0.29) is 11.6 Å². The minimum Gasteiger partial charge on any atom is -0.477 e. The first-order valence-electron chi connectivity index (χ1n) is 5.60. The summed E-state index contributed by atoms with van der Waals surface area (Å²) in [4.78, 5) is 25.2. The van der Waals surface area contributed by atoms with Crippen LogP contribution in [0, 0.1) is 17.0 Å². The fourth-order valence-electron chi connectivity index (χ4n) is 1.60. The van der Waals surface area contributed by atoms with Gasteiger partial charge in [-0.25, -0.2) is 9.78 Å². The van der Waals surface area contributed by atoms with Crippen LogP contribution in [-0.4, -0.2) is 21.0 Å². The van der Waals surface area contributed by atoms with E-state index < -0.39 is 22.1 Å². The van der Waals surface area contributed by atoms with Crippen LogP contribution in [-0.2, 0) is 0 Å². The first-order valence-corrected chi connectivity index (χ1v) is 5.60. The zero-order chi connectivity index (χ0) is 14.7. The third-order valence-electron chi connectivity index (χ3n) is 2.51. The number of nitro groups is 1. The van der Waals surface area contributed by atoms with E-state index in [1.165, 1.54) is 12.1 Å². The topological polar surface area (TPSA) is 103 Å². The lowest BCUT2D eigenvalue weighted by molar-refractivity contribution is -0.385. The molecule has 1 N–H and O–H groups in total. The molecular weight excluding hydrogens is 264 g/mol. The van der Waals surface area contributed by atoms with Gasteiger partial charge < -0.3 is 9.84 Å². The van der Waals surface area contributed by atoms with Gasteiger partial charge in [-0.05, 0) is 18.6 Å². The van der Waals surface area contributed by atoms with Gasteiger partial charge in [-0.2, -0.15) is 0 Å². The second-order valence-corrected chi connectivity index (χ2v) is 3.99. The minimum atomic E-state index is -1.43. The highest BCUT2D eigenvalue weighted by Gasteiger charge is 2.25. The van der Waals surface area contributed by atoms with Gasteiger partial charge in [0.1, 0.15) is 0 Å². The van der Waals surface area contributed by atoms with E-state index in [9.17, 15) is 14.9 Å². The van der Waals surface area contributed by atoms with Gasteiger partial charge in [0.25, 0.3) is 5.69 Å². The molecule has 1 aromatic carbocycles. The predicted octanol–water partition coefficient (Wildman–Crippen LogP) is 2.79. The van der Waals surface area contributed by atoms with Gasteiger partial charge in [0.15, 0.2) is 11.3 Å². The fourth-order valence-corrected chi connectivity index (χ4v) is 1.60. The van der Waals surface area contributed by atoms with E-state index >= 15 is 0 Å². The van der Waals surface area contributed by atoms with Crippen LogP contribution in [0.15, 0.2) is 36.5 Å². The lowest BCUT2D eigenvalue weighted by Gasteiger charge is -2.08. The molecule has 0 amide bonds. The number of ether oxygens (including phenoxy) is 1. The van der Waals surface area contributed by atoms with E-state index in [0.717, 1.165) is 11.6 Å². The van der Waals surface area contributed by atoms with E-state index in [1.807, 2.05) is 6.92 Å². The molecule has 7 nitrogen and oxygen atoms in total. The van der Waals surface area contributed by atoms with Crippen molar-refractivity contribution in [1.82, 2.24) is 4.98 Å². The Bertz CT molecular complexity index is 667. The zero-order valence-electron chi connectivity index (χ0n) is 10.4. The summed E-state index contributed by atoms with van der Waals surface area (Å²) in [5.41, 5.74) is -0.114. The van der Waals surface area contributed by atoms with Gasteiger partial charge in [0, 0.05) is 18.3 Å². The molecule has 0 saturated heterocycles. The Morgan fingerprint density at radius 3 is 2.65 bits per heavy atom. The predicted molar refractivity (Wildman–Crippen MR) is 69.1 cm³/mol. The van der Waals surface area contributed by atoms with Crippen LogP contribution >= 0.6 is 0 Å². The number of nitro benzene ring substituents is 1. The van der Waals surface area contributed by atoms with Crippen LogP contribution in [0.1, 0.15) is 15.9 Å². The molecule has 0 atom stereocenters. The average molecular weight is 274 g/mol. The summed E-state index contributed by atoms with van der Waals surface area (Å²) in [6.45, 7) is 1.84. The largest absolute Gasteiger partial charge is 0.477 e. The summed E-state index contributed by atoms with van der Waals surface area (Å²) in [5, 5.41) is 20.0. The van der Waals surface area contributed by atoms with E-state index in [0.29, 0.717) is 0 Å². The van der Waals surface area contributed by atoms with Crippen molar-refractivity contribution in [2.24, 2.45) is 0 Å². The van der Waals surface area contributed by atoms with Crippen LogP contribution in [0.25, 0.3) is 0 Å². The number of hydrogen-bond donors (Lipinski definition) is 1. The van der Waals surface area contributed by atoms with Crippen molar-refractivity contribution in [2.45, 2.75) is 6.92 Å². The van der Waals surface area contributed by atoms with Crippen LogP contribution in [0.4, 0.5) is 5.69 Å². The van der Waals surface area contributed by atoms with Crippen molar-refractivity contribution in [3.05, 3.63) is 57.8 Å². The quantitative estimate of drug-likeness (QED) is 0.679. The number of carboxylic acid groups (broad SMARTS) is 1. The number of carbonyl (C=O) groups is 1. The van der Waals surface area contributed by atoms with Crippen molar-refractivity contribution < 1.29 is 19.6 Å². The number of hydrogen-bond acceptors (Lipinski definition) is 5. The Kier molecular flexibility index (Phi) is 3.60. The SMILES string of the molecule is Cc1ccc(Oc2cccc([N+](=O)[O-])c2C(=O)O)nc1. The number of aromatic carboxylic acids is 1. The molecule has 0 spiro atoms. The maximum atomic E-state index is 11.2. The number of aryl methyl sites for hydroxylation is 1. The van der Waals surface area contributed by atoms with E-state index in [1.54, 1.807) is 18.3 Å². The average Bonchev–Trinajstić information content (AvgIpc) is 2.40.